The molecule has 0 aliphatic rings. The summed E-state index contributed by atoms with van der Waals surface area (Å²) in [5.74, 6) is 0.870. The molecule has 0 aliphatic carbocycles. The van der Waals surface area contributed by atoms with Gasteiger partial charge in [0.05, 0.1) is 23.2 Å². The van der Waals surface area contributed by atoms with E-state index in [9.17, 15) is 4.79 Å². The molecule has 0 atom stereocenters. The highest BCUT2D eigenvalue weighted by molar-refractivity contribution is 7.99. The number of carbonyl (C=O) groups is 1. The molecule has 27 heavy (non-hydrogen) atoms. The summed E-state index contributed by atoms with van der Waals surface area (Å²) >= 11 is 2.48. The molecule has 0 radical (unpaired) electrons. The predicted octanol–water partition coefficient (Wildman–Crippen LogP) is 3.62. The van der Waals surface area contributed by atoms with Crippen molar-refractivity contribution in [2.24, 2.45) is 0 Å². The van der Waals surface area contributed by atoms with Gasteiger partial charge in [0.15, 0.2) is 5.16 Å². The number of anilines is 1. The van der Waals surface area contributed by atoms with Gasteiger partial charge in [0.25, 0.3) is 0 Å². The summed E-state index contributed by atoms with van der Waals surface area (Å²) in [4.78, 5) is 12.4. The van der Waals surface area contributed by atoms with Crippen molar-refractivity contribution in [1.29, 1.82) is 0 Å². The molecule has 2 heterocycles. The second-order valence-corrected chi connectivity index (χ2v) is 7.45. The van der Waals surface area contributed by atoms with Gasteiger partial charge in [0.2, 0.25) is 5.91 Å². The van der Waals surface area contributed by atoms with E-state index >= 15 is 0 Å². The highest BCUT2D eigenvalue weighted by Crippen LogP contribution is 2.24. The third-order valence-corrected chi connectivity index (χ3v) is 5.45. The van der Waals surface area contributed by atoms with Crippen LogP contribution in [0.25, 0.3) is 16.7 Å². The lowest BCUT2D eigenvalue weighted by Gasteiger charge is -2.09. The van der Waals surface area contributed by atoms with Gasteiger partial charge in [-0.1, -0.05) is 35.5 Å². The maximum absolute atomic E-state index is 12.4. The molecule has 136 valence electrons. The Morgan fingerprint density at radius 3 is 2.74 bits per heavy atom. The van der Waals surface area contributed by atoms with Gasteiger partial charge in [0, 0.05) is 5.69 Å². The van der Waals surface area contributed by atoms with E-state index in [-0.39, 0.29) is 11.7 Å². The van der Waals surface area contributed by atoms with Gasteiger partial charge in [-0.25, -0.2) is 0 Å². The van der Waals surface area contributed by atoms with Gasteiger partial charge in [0.1, 0.15) is 16.9 Å². The number of thioether (sulfide) groups is 1. The molecule has 1 N–H and O–H groups in total. The van der Waals surface area contributed by atoms with Crippen molar-refractivity contribution in [2.45, 2.75) is 19.0 Å². The molecule has 0 saturated carbocycles. The van der Waals surface area contributed by atoms with Crippen LogP contribution in [0.2, 0.25) is 0 Å². The predicted molar refractivity (Wildman–Crippen MR) is 108 cm³/mol. The number of hydrogen-bond acceptors (Lipinski definition) is 7. The summed E-state index contributed by atoms with van der Waals surface area (Å²) in [6.07, 6.45) is 0. The van der Waals surface area contributed by atoms with Crippen molar-refractivity contribution in [1.82, 2.24) is 23.5 Å². The number of nitrogens with zero attached hydrogens (tertiary/aromatic N) is 5. The van der Waals surface area contributed by atoms with Crippen LogP contribution in [0.5, 0.6) is 0 Å². The van der Waals surface area contributed by atoms with Crippen LogP contribution in [-0.2, 0) is 4.79 Å². The van der Waals surface area contributed by atoms with Crippen molar-refractivity contribution in [3.05, 3.63) is 53.9 Å². The SMILES string of the molecule is Cc1ccc(-n2c(C)nnc2SCC(=O)Nc2cccc3nsnc23)cc1. The molecule has 0 saturated heterocycles. The minimum absolute atomic E-state index is 0.128. The fraction of sp³-hybridized carbons (Fsp3) is 0.167. The van der Waals surface area contributed by atoms with Crippen molar-refractivity contribution < 1.29 is 4.79 Å². The van der Waals surface area contributed by atoms with E-state index in [1.54, 1.807) is 0 Å². The summed E-state index contributed by atoms with van der Waals surface area (Å²) in [7, 11) is 0. The van der Waals surface area contributed by atoms with Crippen LogP contribution in [0.4, 0.5) is 5.69 Å². The first-order valence-electron chi connectivity index (χ1n) is 8.25. The molecule has 1 amide bonds. The van der Waals surface area contributed by atoms with Gasteiger partial charge >= 0.3 is 0 Å². The van der Waals surface area contributed by atoms with Crippen LogP contribution in [-0.4, -0.2) is 35.2 Å². The lowest BCUT2D eigenvalue weighted by atomic mass is 10.2. The summed E-state index contributed by atoms with van der Waals surface area (Å²) in [5, 5.41) is 11.9. The second-order valence-electron chi connectivity index (χ2n) is 5.98. The van der Waals surface area contributed by atoms with Gasteiger partial charge in [-0.3, -0.25) is 9.36 Å². The first-order chi connectivity index (χ1) is 13.1. The Bertz CT molecular complexity index is 1100. The van der Waals surface area contributed by atoms with Crippen molar-refractivity contribution in [3.8, 4) is 5.69 Å². The molecule has 0 bridgehead atoms. The van der Waals surface area contributed by atoms with Crippen LogP contribution in [0.3, 0.4) is 0 Å². The molecule has 0 fully saturated rings. The molecular weight excluding hydrogens is 380 g/mol. The molecule has 0 spiro atoms. The Morgan fingerprint density at radius 2 is 1.93 bits per heavy atom. The monoisotopic (exact) mass is 396 g/mol. The number of hydrogen-bond donors (Lipinski definition) is 1. The van der Waals surface area contributed by atoms with E-state index in [0.717, 1.165) is 28.8 Å². The average Bonchev–Trinajstić information content (AvgIpc) is 3.28. The number of fused-ring (bicyclic) bond motifs is 1. The molecule has 2 aromatic heterocycles. The minimum Gasteiger partial charge on any atom is -0.323 e. The van der Waals surface area contributed by atoms with E-state index < -0.39 is 0 Å². The van der Waals surface area contributed by atoms with E-state index in [0.29, 0.717) is 16.4 Å². The molecular formula is C18H16N6OS2. The van der Waals surface area contributed by atoms with Crippen LogP contribution in [0.15, 0.2) is 47.6 Å². The number of aromatic nitrogens is 5. The van der Waals surface area contributed by atoms with Gasteiger partial charge in [-0.2, -0.15) is 8.75 Å². The van der Waals surface area contributed by atoms with E-state index in [1.165, 1.54) is 17.3 Å². The normalized spacial score (nSPS) is 11.0. The maximum atomic E-state index is 12.4. The molecule has 4 rings (SSSR count). The smallest absolute Gasteiger partial charge is 0.234 e. The zero-order valence-corrected chi connectivity index (χ0v) is 16.3. The third-order valence-electron chi connectivity index (χ3n) is 3.98. The van der Waals surface area contributed by atoms with Crippen LogP contribution in [0.1, 0.15) is 11.4 Å². The fourth-order valence-corrected chi connectivity index (χ4v) is 4.00. The Hall–Kier alpha value is -2.78. The average molecular weight is 397 g/mol. The summed E-state index contributed by atoms with van der Waals surface area (Å²) in [5.41, 5.74) is 4.32. The van der Waals surface area contributed by atoms with Crippen LogP contribution >= 0.6 is 23.5 Å². The lowest BCUT2D eigenvalue weighted by molar-refractivity contribution is -0.113. The Morgan fingerprint density at radius 1 is 1.11 bits per heavy atom. The first-order valence-corrected chi connectivity index (χ1v) is 9.96. The van der Waals surface area contributed by atoms with E-state index in [4.69, 9.17) is 0 Å². The fourth-order valence-electron chi connectivity index (χ4n) is 2.65. The number of nitrogens with one attached hydrogen (secondary N) is 1. The zero-order chi connectivity index (χ0) is 18.8. The number of aryl methyl sites for hydroxylation is 2. The molecule has 2 aromatic carbocycles. The van der Waals surface area contributed by atoms with Gasteiger partial charge < -0.3 is 5.32 Å². The number of carbonyl (C=O) groups excluding carboxylic acids is 1. The molecule has 0 aliphatic heterocycles. The highest BCUT2D eigenvalue weighted by atomic mass is 32.2. The summed E-state index contributed by atoms with van der Waals surface area (Å²) < 4.78 is 10.4. The van der Waals surface area contributed by atoms with Crippen LogP contribution in [0, 0.1) is 13.8 Å². The maximum Gasteiger partial charge on any atom is 0.234 e. The third kappa shape index (κ3) is 3.69. The largest absolute Gasteiger partial charge is 0.323 e. The van der Waals surface area contributed by atoms with Crippen molar-refractivity contribution >= 4 is 46.1 Å². The Kier molecular flexibility index (Phi) is 4.87. The Labute approximate surface area is 164 Å². The summed E-state index contributed by atoms with van der Waals surface area (Å²) in [6.45, 7) is 3.94. The molecule has 9 heteroatoms. The van der Waals surface area contributed by atoms with Crippen molar-refractivity contribution in [2.75, 3.05) is 11.1 Å². The van der Waals surface area contributed by atoms with Gasteiger partial charge in [-0.05, 0) is 38.1 Å². The quantitative estimate of drug-likeness (QED) is 0.519. The second kappa shape index (κ2) is 7.45. The Balaban J connectivity index is 1.48. The number of rotatable bonds is 5. The topological polar surface area (TPSA) is 85.6 Å². The van der Waals surface area contributed by atoms with Crippen LogP contribution < -0.4 is 5.32 Å². The van der Waals surface area contributed by atoms with Gasteiger partial charge in [-0.15, -0.1) is 10.2 Å². The minimum atomic E-state index is -0.128. The highest BCUT2D eigenvalue weighted by Gasteiger charge is 2.14. The van der Waals surface area contributed by atoms with E-state index in [2.05, 4.69) is 24.3 Å². The lowest BCUT2D eigenvalue weighted by Crippen LogP contribution is -2.15. The standard InChI is InChI=1S/C18H16N6OS2/c1-11-6-8-13(9-7-11)24-12(2)20-21-18(24)26-10-16(25)19-14-4-3-5-15-17(14)23-27-22-15/h3-9H,10H2,1-2H3,(H,19,25). The summed E-state index contributed by atoms with van der Waals surface area (Å²) in [6, 6.07) is 13.7. The molecule has 7 nitrogen and oxygen atoms in total. The number of amides is 1. The van der Waals surface area contributed by atoms with E-state index in [1.807, 2.05) is 60.9 Å². The zero-order valence-electron chi connectivity index (χ0n) is 14.7. The number of benzene rings is 2. The van der Waals surface area contributed by atoms with Crippen molar-refractivity contribution in [3.63, 3.8) is 0 Å². The first kappa shape index (κ1) is 17.6. The molecule has 4 aromatic rings. The molecule has 0 unspecified atom stereocenters.